The smallest absolute Gasteiger partial charge is 0.378 e. The standard InChI is InChI=1S/C28H31F4N7O4/c1-37(2)23-14-39(15-24(23)42-3)22-10-20(29)17(16-11-34-27(35-12-16)38-4-6-43-7-5-38)8-21(22)36-26(41)18-13-33-25(40)9-19(18)28(30,31)32/h8-13,23-24H,4-7,14-15H2,1-3H3,(H,33,40)(H,36,41). The van der Waals surface area contributed by atoms with Crippen LogP contribution in [0.25, 0.3) is 11.1 Å². The van der Waals surface area contributed by atoms with Crippen molar-refractivity contribution in [2.24, 2.45) is 0 Å². The number of methoxy groups -OCH3 is 1. The molecule has 2 fully saturated rings. The van der Waals surface area contributed by atoms with Crippen molar-refractivity contribution in [1.29, 1.82) is 0 Å². The SMILES string of the molecule is COC1CN(c2cc(F)c(-c3cnc(N4CCOCC4)nc3)cc2NC(=O)c2c[nH]c(=O)cc2C(F)(F)F)CC1N(C)C. The van der Waals surface area contributed by atoms with E-state index in [4.69, 9.17) is 9.47 Å². The van der Waals surface area contributed by atoms with Gasteiger partial charge in [-0.2, -0.15) is 13.2 Å². The lowest BCUT2D eigenvalue weighted by Gasteiger charge is -2.26. The van der Waals surface area contributed by atoms with Gasteiger partial charge < -0.3 is 34.5 Å². The molecule has 2 aliphatic heterocycles. The van der Waals surface area contributed by atoms with E-state index in [0.717, 1.165) is 0 Å². The molecule has 2 unspecified atom stereocenters. The van der Waals surface area contributed by atoms with Gasteiger partial charge in [0.15, 0.2) is 0 Å². The van der Waals surface area contributed by atoms with Gasteiger partial charge in [-0.15, -0.1) is 0 Å². The molecule has 2 saturated heterocycles. The first-order chi connectivity index (χ1) is 20.5. The Balaban J connectivity index is 1.54. The maximum Gasteiger partial charge on any atom is 0.417 e. The summed E-state index contributed by atoms with van der Waals surface area (Å²) in [6.45, 7) is 3.02. The van der Waals surface area contributed by atoms with Crippen molar-refractivity contribution in [2.75, 3.05) is 75.7 Å². The van der Waals surface area contributed by atoms with Gasteiger partial charge in [-0.3, -0.25) is 9.59 Å². The number of nitrogens with zero attached hydrogens (tertiary/aromatic N) is 5. The molecule has 5 rings (SSSR count). The number of halogens is 4. The summed E-state index contributed by atoms with van der Waals surface area (Å²) >= 11 is 0. The number of amides is 1. The van der Waals surface area contributed by atoms with Gasteiger partial charge in [0.1, 0.15) is 5.82 Å². The van der Waals surface area contributed by atoms with Crippen LogP contribution < -0.4 is 20.7 Å². The van der Waals surface area contributed by atoms with Crippen molar-refractivity contribution in [3.63, 3.8) is 0 Å². The molecule has 2 aromatic heterocycles. The lowest BCUT2D eigenvalue weighted by atomic mass is 10.0. The van der Waals surface area contributed by atoms with Gasteiger partial charge in [0, 0.05) is 69.1 Å². The minimum atomic E-state index is -4.96. The molecule has 0 radical (unpaired) electrons. The predicted molar refractivity (Wildman–Crippen MR) is 151 cm³/mol. The molecule has 0 saturated carbocycles. The largest absolute Gasteiger partial charge is 0.417 e. The Kier molecular flexibility index (Phi) is 8.66. The second-order valence-corrected chi connectivity index (χ2v) is 10.5. The van der Waals surface area contributed by atoms with Crippen LogP contribution in [0.3, 0.4) is 0 Å². The molecule has 1 amide bonds. The fourth-order valence-electron chi connectivity index (χ4n) is 5.30. The molecule has 3 aromatic rings. The van der Waals surface area contributed by atoms with Crippen molar-refractivity contribution in [2.45, 2.75) is 18.3 Å². The minimum absolute atomic E-state index is 0.0386. The summed E-state index contributed by atoms with van der Waals surface area (Å²) in [4.78, 5) is 41.5. The summed E-state index contributed by atoms with van der Waals surface area (Å²) in [5.41, 5.74) is -2.53. The highest BCUT2D eigenvalue weighted by Gasteiger charge is 2.38. The number of hydrogen-bond donors (Lipinski definition) is 2. The minimum Gasteiger partial charge on any atom is -0.378 e. The number of alkyl halides is 3. The summed E-state index contributed by atoms with van der Waals surface area (Å²) < 4.78 is 67.9. The number of anilines is 3. The highest BCUT2D eigenvalue weighted by atomic mass is 19.4. The summed E-state index contributed by atoms with van der Waals surface area (Å²) in [5, 5.41) is 2.53. The van der Waals surface area contributed by atoms with E-state index >= 15 is 4.39 Å². The molecular formula is C28H31F4N7O4. The third-order valence-electron chi connectivity index (χ3n) is 7.59. The van der Waals surface area contributed by atoms with Crippen molar-refractivity contribution < 1.29 is 31.8 Å². The van der Waals surface area contributed by atoms with Crippen LogP contribution in [-0.4, -0.2) is 98.5 Å². The fraction of sp³-hybridized carbons (Fsp3) is 0.429. The Morgan fingerprint density at radius 1 is 1.12 bits per heavy atom. The molecule has 0 bridgehead atoms. The zero-order valence-corrected chi connectivity index (χ0v) is 23.7. The number of aromatic amines is 1. The number of benzene rings is 1. The zero-order valence-electron chi connectivity index (χ0n) is 23.7. The molecule has 1 aromatic carbocycles. The molecule has 2 N–H and O–H groups in total. The Hall–Kier alpha value is -4.08. The number of likely N-dealkylation sites (N-methyl/N-ethyl adjacent to an activating group) is 1. The van der Waals surface area contributed by atoms with E-state index in [1.165, 1.54) is 24.5 Å². The number of carbonyl (C=O) groups is 1. The Morgan fingerprint density at radius 3 is 2.42 bits per heavy atom. The number of carbonyl (C=O) groups excluding carboxylic acids is 1. The lowest BCUT2D eigenvalue weighted by Crippen LogP contribution is -2.39. The number of pyridine rings is 1. The van der Waals surface area contributed by atoms with Gasteiger partial charge in [0.05, 0.1) is 47.9 Å². The molecule has 230 valence electrons. The van der Waals surface area contributed by atoms with Crippen molar-refractivity contribution >= 4 is 23.2 Å². The molecule has 15 heteroatoms. The second kappa shape index (κ2) is 12.3. The molecular weight excluding hydrogens is 574 g/mol. The first kappa shape index (κ1) is 30.4. The molecule has 0 aliphatic carbocycles. The topological polar surface area (TPSA) is 116 Å². The number of ether oxygens (including phenoxy) is 2. The number of H-pyrrole nitrogens is 1. The van der Waals surface area contributed by atoms with Gasteiger partial charge in [0.25, 0.3) is 5.91 Å². The van der Waals surface area contributed by atoms with Crippen LogP contribution in [0.15, 0.2) is 41.6 Å². The van der Waals surface area contributed by atoms with Crippen LogP contribution >= 0.6 is 0 Å². The summed E-state index contributed by atoms with van der Waals surface area (Å²) in [6.07, 6.45) is -1.61. The first-order valence-corrected chi connectivity index (χ1v) is 13.5. The van der Waals surface area contributed by atoms with Crippen LogP contribution in [0, 0.1) is 5.82 Å². The zero-order chi connectivity index (χ0) is 30.9. The van der Waals surface area contributed by atoms with E-state index in [2.05, 4.69) is 20.3 Å². The van der Waals surface area contributed by atoms with E-state index in [0.29, 0.717) is 63.2 Å². The van der Waals surface area contributed by atoms with Gasteiger partial charge in [-0.25, -0.2) is 14.4 Å². The number of rotatable bonds is 7. The van der Waals surface area contributed by atoms with Gasteiger partial charge >= 0.3 is 6.18 Å². The van der Waals surface area contributed by atoms with Crippen molar-refractivity contribution in [1.82, 2.24) is 19.9 Å². The van der Waals surface area contributed by atoms with Crippen LogP contribution in [0.4, 0.5) is 34.9 Å². The van der Waals surface area contributed by atoms with Crippen LogP contribution in [0.2, 0.25) is 0 Å². The van der Waals surface area contributed by atoms with E-state index < -0.39 is 34.6 Å². The Bertz CT molecular complexity index is 1520. The highest BCUT2D eigenvalue weighted by molar-refractivity contribution is 6.07. The first-order valence-electron chi connectivity index (χ1n) is 13.5. The second-order valence-electron chi connectivity index (χ2n) is 10.5. The fourth-order valence-corrected chi connectivity index (χ4v) is 5.30. The number of aromatic nitrogens is 3. The molecule has 43 heavy (non-hydrogen) atoms. The quantitative estimate of drug-likeness (QED) is 0.393. The molecule has 2 atom stereocenters. The third kappa shape index (κ3) is 6.48. The van der Waals surface area contributed by atoms with E-state index in [-0.39, 0.29) is 29.1 Å². The maximum absolute atomic E-state index is 15.7. The maximum atomic E-state index is 15.7. The average Bonchev–Trinajstić information content (AvgIpc) is 3.43. The van der Waals surface area contributed by atoms with Gasteiger partial charge in [-0.05, 0) is 26.2 Å². The Morgan fingerprint density at radius 2 is 1.81 bits per heavy atom. The van der Waals surface area contributed by atoms with Gasteiger partial charge in [-0.1, -0.05) is 0 Å². The normalized spacial score (nSPS) is 19.3. The number of nitrogens with one attached hydrogen (secondary N) is 2. The third-order valence-corrected chi connectivity index (χ3v) is 7.59. The summed E-state index contributed by atoms with van der Waals surface area (Å²) in [6, 6.07) is 2.82. The Labute approximate surface area is 244 Å². The number of hydrogen-bond acceptors (Lipinski definition) is 9. The summed E-state index contributed by atoms with van der Waals surface area (Å²) in [7, 11) is 5.32. The predicted octanol–water partition coefficient (Wildman–Crippen LogP) is 2.84. The lowest BCUT2D eigenvalue weighted by molar-refractivity contribution is -0.138. The highest BCUT2D eigenvalue weighted by Crippen LogP contribution is 2.38. The van der Waals surface area contributed by atoms with Crippen LogP contribution in [0.5, 0.6) is 0 Å². The number of morpholine rings is 1. The van der Waals surface area contributed by atoms with Crippen molar-refractivity contribution in [3.8, 4) is 11.1 Å². The molecule has 2 aliphatic rings. The molecule has 4 heterocycles. The molecule has 11 nitrogen and oxygen atoms in total. The van der Waals surface area contributed by atoms with E-state index in [1.807, 2.05) is 23.9 Å². The van der Waals surface area contributed by atoms with Crippen LogP contribution in [0.1, 0.15) is 15.9 Å². The van der Waals surface area contributed by atoms with Crippen molar-refractivity contribution in [3.05, 3.63) is 64.1 Å². The van der Waals surface area contributed by atoms with Crippen LogP contribution in [-0.2, 0) is 15.7 Å². The average molecular weight is 606 g/mol. The van der Waals surface area contributed by atoms with E-state index in [9.17, 15) is 22.8 Å². The summed E-state index contributed by atoms with van der Waals surface area (Å²) in [5.74, 6) is -1.32. The van der Waals surface area contributed by atoms with E-state index in [1.54, 1.807) is 12.0 Å². The molecule has 0 spiro atoms. The van der Waals surface area contributed by atoms with Gasteiger partial charge in [0.2, 0.25) is 11.5 Å². The monoisotopic (exact) mass is 605 g/mol.